The van der Waals surface area contributed by atoms with Gasteiger partial charge in [-0.2, -0.15) is 0 Å². The van der Waals surface area contributed by atoms with E-state index in [4.69, 9.17) is 4.74 Å². The Morgan fingerprint density at radius 1 is 1.18 bits per heavy atom. The summed E-state index contributed by atoms with van der Waals surface area (Å²) < 4.78 is 7.41. The largest absolute Gasteiger partial charge is 0.444 e. The lowest BCUT2D eigenvalue weighted by Crippen LogP contribution is -2.38. The van der Waals surface area contributed by atoms with Crippen molar-refractivity contribution in [2.75, 3.05) is 20.1 Å². The molecule has 150 valence electrons. The summed E-state index contributed by atoms with van der Waals surface area (Å²) in [5.41, 5.74) is 3.60. The van der Waals surface area contributed by atoms with E-state index in [-0.39, 0.29) is 12.0 Å². The highest BCUT2D eigenvalue weighted by atomic mass is 16.6. The molecule has 0 saturated heterocycles. The summed E-state index contributed by atoms with van der Waals surface area (Å²) in [5, 5.41) is 2.58. The summed E-state index contributed by atoms with van der Waals surface area (Å²) in [7, 11) is 1.59. The maximum atomic E-state index is 12.4. The fourth-order valence-corrected chi connectivity index (χ4v) is 3.29. The molecule has 0 aliphatic carbocycles. The molecule has 0 spiro atoms. The number of ether oxygens (including phenoxy) is 1. The molecule has 1 aromatic heterocycles. The van der Waals surface area contributed by atoms with E-state index in [9.17, 15) is 9.59 Å². The van der Waals surface area contributed by atoms with E-state index in [0.29, 0.717) is 25.3 Å². The highest BCUT2D eigenvalue weighted by Gasteiger charge is 2.24. The van der Waals surface area contributed by atoms with Crippen molar-refractivity contribution >= 4 is 12.0 Å². The third-order valence-corrected chi connectivity index (χ3v) is 4.68. The monoisotopic (exact) mass is 384 g/mol. The van der Waals surface area contributed by atoms with Crippen molar-refractivity contribution in [3.63, 3.8) is 0 Å². The molecule has 0 saturated carbocycles. The smallest absolute Gasteiger partial charge is 0.410 e. The second-order valence-electron chi connectivity index (χ2n) is 8.08. The van der Waals surface area contributed by atoms with Gasteiger partial charge in [0.25, 0.3) is 5.91 Å². The summed E-state index contributed by atoms with van der Waals surface area (Å²) in [6.45, 7) is 7.61. The van der Waals surface area contributed by atoms with Gasteiger partial charge < -0.3 is 19.5 Å². The van der Waals surface area contributed by atoms with Crippen molar-refractivity contribution in [2.24, 2.45) is 0 Å². The zero-order chi connectivity index (χ0) is 20.3. The molecule has 1 aliphatic heterocycles. The Bertz CT molecular complexity index is 867. The molecule has 7 heteroatoms. The minimum absolute atomic E-state index is 0.192. The number of rotatable bonds is 3. The maximum absolute atomic E-state index is 12.4. The number of benzene rings is 1. The third-order valence-electron chi connectivity index (χ3n) is 4.68. The molecule has 28 heavy (non-hydrogen) atoms. The molecule has 2 heterocycles. The molecule has 2 aromatic rings. The number of hydrogen-bond donors (Lipinski definition) is 1. The Hall–Kier alpha value is -2.83. The van der Waals surface area contributed by atoms with Crippen LogP contribution in [0.15, 0.2) is 30.7 Å². The van der Waals surface area contributed by atoms with E-state index in [1.165, 1.54) is 11.1 Å². The molecule has 1 aliphatic rings. The number of imidazole rings is 1. The Morgan fingerprint density at radius 3 is 2.57 bits per heavy atom. The topological polar surface area (TPSA) is 76.5 Å². The van der Waals surface area contributed by atoms with Gasteiger partial charge in [0.15, 0.2) is 0 Å². The summed E-state index contributed by atoms with van der Waals surface area (Å²) in [6.07, 6.45) is 4.78. The van der Waals surface area contributed by atoms with Crippen molar-refractivity contribution in [1.82, 2.24) is 19.8 Å². The lowest BCUT2D eigenvalue weighted by atomic mass is 10.00. The normalized spacial score (nSPS) is 14.2. The van der Waals surface area contributed by atoms with Gasteiger partial charge in [0.1, 0.15) is 11.3 Å². The van der Waals surface area contributed by atoms with Gasteiger partial charge in [-0.15, -0.1) is 0 Å². The Labute approximate surface area is 165 Å². The van der Waals surface area contributed by atoms with Crippen LogP contribution in [0.3, 0.4) is 0 Å². The minimum atomic E-state index is -0.484. The molecule has 1 N–H and O–H groups in total. The van der Waals surface area contributed by atoms with Crippen molar-refractivity contribution in [3.8, 4) is 0 Å². The van der Waals surface area contributed by atoms with E-state index in [1.807, 2.05) is 25.3 Å². The molecule has 3 rings (SSSR count). The number of carbonyl (C=O) groups is 2. The van der Waals surface area contributed by atoms with E-state index < -0.39 is 5.60 Å². The molecular weight excluding hydrogens is 356 g/mol. The number of aromatic nitrogens is 2. The summed E-state index contributed by atoms with van der Waals surface area (Å²) >= 11 is 0. The van der Waals surface area contributed by atoms with Gasteiger partial charge >= 0.3 is 6.09 Å². The number of amides is 2. The fraction of sp³-hybridized carbons (Fsp3) is 0.476. The molecule has 0 atom stereocenters. The molecule has 0 unspecified atom stereocenters. The van der Waals surface area contributed by atoms with Gasteiger partial charge in [0.2, 0.25) is 0 Å². The minimum Gasteiger partial charge on any atom is -0.444 e. The third kappa shape index (κ3) is 4.91. The van der Waals surface area contributed by atoms with Crippen LogP contribution in [-0.4, -0.2) is 52.2 Å². The van der Waals surface area contributed by atoms with Gasteiger partial charge in [-0.1, -0.05) is 18.2 Å². The first-order valence-corrected chi connectivity index (χ1v) is 9.57. The first-order valence-electron chi connectivity index (χ1n) is 9.57. The van der Waals surface area contributed by atoms with Crippen molar-refractivity contribution in [2.45, 2.75) is 45.8 Å². The highest BCUT2D eigenvalue weighted by molar-refractivity contribution is 5.91. The number of nitrogens with zero attached hydrogens (tertiary/aromatic N) is 3. The van der Waals surface area contributed by atoms with E-state index in [1.54, 1.807) is 24.5 Å². The standard InChI is InChI=1S/C21H28N4O3/c1-21(2,3)28-20(27)25-9-7-16-6-5-15(11-17(16)8-10-25)12-24-13-18(23-14-24)19(26)22-4/h5-6,11,13-14H,7-10,12H2,1-4H3,(H,22,26). The van der Waals surface area contributed by atoms with Gasteiger partial charge in [-0.25, -0.2) is 9.78 Å². The zero-order valence-electron chi connectivity index (χ0n) is 17.0. The van der Waals surface area contributed by atoms with Gasteiger partial charge in [-0.3, -0.25) is 4.79 Å². The average Bonchev–Trinajstić information content (AvgIpc) is 2.98. The molecule has 1 aromatic carbocycles. The second kappa shape index (κ2) is 8.04. The second-order valence-corrected chi connectivity index (χ2v) is 8.08. The van der Waals surface area contributed by atoms with Crippen LogP contribution in [-0.2, 0) is 24.1 Å². The number of hydrogen-bond acceptors (Lipinski definition) is 4. The SMILES string of the molecule is CNC(=O)c1cn(Cc2ccc3c(c2)CCN(C(=O)OC(C)(C)C)CC3)cn1. The van der Waals surface area contributed by atoms with Gasteiger partial charge in [-0.05, 0) is 50.3 Å². The predicted molar refractivity (Wildman–Crippen MR) is 106 cm³/mol. The van der Waals surface area contributed by atoms with E-state index >= 15 is 0 Å². The highest BCUT2D eigenvalue weighted by Crippen LogP contribution is 2.20. The van der Waals surface area contributed by atoms with Gasteiger partial charge in [0, 0.05) is 32.9 Å². The van der Waals surface area contributed by atoms with Crippen LogP contribution in [0.25, 0.3) is 0 Å². The average molecular weight is 384 g/mol. The Morgan fingerprint density at radius 2 is 1.89 bits per heavy atom. The van der Waals surface area contributed by atoms with Crippen LogP contribution < -0.4 is 5.32 Å². The number of fused-ring (bicyclic) bond motifs is 1. The number of carbonyl (C=O) groups excluding carboxylic acids is 2. The van der Waals surface area contributed by atoms with Crippen molar-refractivity contribution in [3.05, 3.63) is 53.1 Å². The fourth-order valence-electron chi connectivity index (χ4n) is 3.29. The van der Waals surface area contributed by atoms with Crippen LogP contribution in [0.1, 0.15) is 48.0 Å². The molecule has 0 fully saturated rings. The Kier molecular flexibility index (Phi) is 5.72. The first-order chi connectivity index (χ1) is 13.2. The van der Waals surface area contributed by atoms with E-state index in [0.717, 1.165) is 18.4 Å². The van der Waals surface area contributed by atoms with Gasteiger partial charge in [0.05, 0.1) is 6.33 Å². The lowest BCUT2D eigenvalue weighted by Gasteiger charge is -2.26. The lowest BCUT2D eigenvalue weighted by molar-refractivity contribution is 0.0258. The van der Waals surface area contributed by atoms with Crippen LogP contribution in [0.4, 0.5) is 4.79 Å². The molecular formula is C21H28N4O3. The molecule has 7 nitrogen and oxygen atoms in total. The van der Waals surface area contributed by atoms with Crippen molar-refractivity contribution in [1.29, 1.82) is 0 Å². The Balaban J connectivity index is 1.67. The quantitative estimate of drug-likeness (QED) is 0.883. The zero-order valence-corrected chi connectivity index (χ0v) is 17.0. The van der Waals surface area contributed by atoms with Crippen LogP contribution in [0.5, 0.6) is 0 Å². The summed E-state index contributed by atoms with van der Waals surface area (Å²) in [6, 6.07) is 6.43. The summed E-state index contributed by atoms with van der Waals surface area (Å²) in [4.78, 5) is 29.9. The predicted octanol–water partition coefficient (Wildman–Crippen LogP) is 2.63. The summed E-state index contributed by atoms with van der Waals surface area (Å²) in [5.74, 6) is -0.192. The number of nitrogens with one attached hydrogen (secondary N) is 1. The van der Waals surface area contributed by atoms with Crippen LogP contribution in [0, 0.1) is 0 Å². The molecule has 0 radical (unpaired) electrons. The maximum Gasteiger partial charge on any atom is 0.410 e. The first kappa shape index (κ1) is 19.9. The van der Waals surface area contributed by atoms with E-state index in [2.05, 4.69) is 28.5 Å². The molecule has 2 amide bonds. The van der Waals surface area contributed by atoms with Crippen LogP contribution >= 0.6 is 0 Å². The molecule has 0 bridgehead atoms. The van der Waals surface area contributed by atoms with Crippen molar-refractivity contribution < 1.29 is 14.3 Å². The van der Waals surface area contributed by atoms with Crippen LogP contribution in [0.2, 0.25) is 0 Å².